The molecule has 0 bridgehead atoms. The van der Waals surface area contributed by atoms with Gasteiger partial charge in [-0.05, 0) is 40.4 Å². The second-order valence-corrected chi connectivity index (χ2v) is 6.43. The van der Waals surface area contributed by atoms with Crippen molar-refractivity contribution in [2.45, 2.75) is 25.8 Å². The first-order valence-corrected chi connectivity index (χ1v) is 7.41. The summed E-state index contributed by atoms with van der Waals surface area (Å²) in [5.41, 5.74) is 0.0915. The van der Waals surface area contributed by atoms with Gasteiger partial charge in [-0.1, -0.05) is 0 Å². The van der Waals surface area contributed by atoms with Crippen LogP contribution in [0.3, 0.4) is 0 Å². The summed E-state index contributed by atoms with van der Waals surface area (Å²) in [6.07, 6.45) is 1.14. The second-order valence-electron chi connectivity index (χ2n) is 6.43. The molecule has 0 aromatic heterocycles. The molecule has 0 atom stereocenters. The van der Waals surface area contributed by atoms with Crippen molar-refractivity contribution < 1.29 is 4.79 Å². The summed E-state index contributed by atoms with van der Waals surface area (Å²) in [5, 5.41) is 3.38. The highest BCUT2D eigenvalue weighted by Crippen LogP contribution is 2.18. The van der Waals surface area contributed by atoms with Crippen molar-refractivity contribution in [3.8, 4) is 0 Å². The zero-order valence-electron chi connectivity index (χ0n) is 12.6. The van der Waals surface area contributed by atoms with Crippen LogP contribution in [0.4, 0.5) is 0 Å². The number of hydrogen-bond acceptors (Lipinski definition) is 4. The molecule has 0 aromatic carbocycles. The van der Waals surface area contributed by atoms with Gasteiger partial charge in [0.15, 0.2) is 0 Å². The van der Waals surface area contributed by atoms with Crippen LogP contribution in [0, 0.1) is 0 Å². The van der Waals surface area contributed by atoms with Crippen LogP contribution in [0.5, 0.6) is 0 Å². The first kappa shape index (κ1) is 14.8. The molecule has 0 spiro atoms. The average molecular weight is 268 g/mol. The van der Waals surface area contributed by atoms with Crippen LogP contribution in [-0.4, -0.2) is 85.6 Å². The lowest BCUT2D eigenvalue weighted by Gasteiger charge is -2.45. The van der Waals surface area contributed by atoms with Crippen LogP contribution in [0.25, 0.3) is 0 Å². The largest absolute Gasteiger partial charge is 0.338 e. The van der Waals surface area contributed by atoms with Crippen molar-refractivity contribution in [2.75, 3.05) is 59.4 Å². The Balaban J connectivity index is 1.85. The van der Waals surface area contributed by atoms with Gasteiger partial charge < -0.3 is 10.2 Å². The maximum atomic E-state index is 12.4. The van der Waals surface area contributed by atoms with Crippen molar-refractivity contribution in [2.24, 2.45) is 0 Å². The highest BCUT2D eigenvalue weighted by molar-refractivity contribution is 5.78. The molecule has 5 heteroatoms. The normalized spacial score (nSPS) is 26.2. The van der Waals surface area contributed by atoms with E-state index in [9.17, 15) is 4.79 Å². The van der Waals surface area contributed by atoms with Gasteiger partial charge in [-0.15, -0.1) is 0 Å². The molecular weight excluding hydrogens is 240 g/mol. The lowest BCUT2D eigenvalue weighted by atomic mass is 10.00. The number of rotatable bonds is 2. The number of amides is 1. The molecule has 110 valence electrons. The van der Waals surface area contributed by atoms with Crippen molar-refractivity contribution in [3.05, 3.63) is 0 Å². The van der Waals surface area contributed by atoms with Crippen molar-refractivity contribution in [1.82, 2.24) is 20.0 Å². The summed E-state index contributed by atoms with van der Waals surface area (Å²) in [6.45, 7) is 11.8. The van der Waals surface area contributed by atoms with Gasteiger partial charge in [0.1, 0.15) is 0 Å². The molecule has 0 radical (unpaired) electrons. The van der Waals surface area contributed by atoms with E-state index in [4.69, 9.17) is 0 Å². The Bertz CT molecular complexity index is 311. The summed E-state index contributed by atoms with van der Waals surface area (Å²) >= 11 is 0. The monoisotopic (exact) mass is 268 g/mol. The maximum Gasteiger partial charge on any atom is 0.236 e. The molecule has 2 aliphatic heterocycles. The van der Waals surface area contributed by atoms with Crippen LogP contribution in [0.1, 0.15) is 20.3 Å². The van der Waals surface area contributed by atoms with Crippen LogP contribution in [-0.2, 0) is 4.79 Å². The second kappa shape index (κ2) is 6.20. The summed E-state index contributed by atoms with van der Waals surface area (Å²) in [5.74, 6) is 0.295. The van der Waals surface area contributed by atoms with E-state index in [1.807, 2.05) is 4.90 Å². The minimum Gasteiger partial charge on any atom is -0.338 e. The standard InChI is InChI=1S/C14H28N4O/c1-14(2)12-18(10-9-16(14)3)13(19)11-17-7-4-5-15-6-8-17/h15H,4-12H2,1-3H3. The molecule has 2 fully saturated rings. The Morgan fingerprint density at radius 2 is 1.95 bits per heavy atom. The smallest absolute Gasteiger partial charge is 0.236 e. The van der Waals surface area contributed by atoms with E-state index in [0.717, 1.165) is 52.2 Å². The third-order valence-corrected chi connectivity index (χ3v) is 4.46. The molecule has 19 heavy (non-hydrogen) atoms. The molecule has 1 amide bonds. The van der Waals surface area contributed by atoms with E-state index in [-0.39, 0.29) is 5.54 Å². The minimum absolute atomic E-state index is 0.0915. The van der Waals surface area contributed by atoms with Crippen LogP contribution in [0.2, 0.25) is 0 Å². The Hall–Kier alpha value is -0.650. The van der Waals surface area contributed by atoms with Crippen molar-refractivity contribution in [3.63, 3.8) is 0 Å². The number of piperazine rings is 1. The van der Waals surface area contributed by atoms with Crippen molar-refractivity contribution >= 4 is 5.91 Å². The number of likely N-dealkylation sites (N-methyl/N-ethyl adjacent to an activating group) is 1. The minimum atomic E-state index is 0.0915. The molecule has 0 aliphatic carbocycles. The quantitative estimate of drug-likeness (QED) is 0.755. The molecule has 2 saturated heterocycles. The molecule has 2 rings (SSSR count). The van der Waals surface area contributed by atoms with E-state index < -0.39 is 0 Å². The molecular formula is C14H28N4O. The first-order chi connectivity index (χ1) is 8.99. The third kappa shape index (κ3) is 3.91. The SMILES string of the molecule is CN1CCN(C(=O)CN2CCCNCC2)CC1(C)C. The van der Waals surface area contributed by atoms with Gasteiger partial charge in [-0.2, -0.15) is 0 Å². The van der Waals surface area contributed by atoms with E-state index in [1.165, 1.54) is 0 Å². The zero-order chi connectivity index (χ0) is 13.9. The molecule has 0 aromatic rings. The lowest BCUT2D eigenvalue weighted by molar-refractivity contribution is -0.136. The van der Waals surface area contributed by atoms with Gasteiger partial charge in [0.2, 0.25) is 5.91 Å². The predicted molar refractivity (Wildman–Crippen MR) is 77.2 cm³/mol. The molecule has 2 heterocycles. The first-order valence-electron chi connectivity index (χ1n) is 7.41. The lowest BCUT2D eigenvalue weighted by Crippen LogP contribution is -2.60. The van der Waals surface area contributed by atoms with Gasteiger partial charge in [0.05, 0.1) is 6.54 Å². The van der Waals surface area contributed by atoms with E-state index in [0.29, 0.717) is 12.5 Å². The van der Waals surface area contributed by atoms with Crippen LogP contribution < -0.4 is 5.32 Å². The number of carbonyl (C=O) groups is 1. The van der Waals surface area contributed by atoms with Gasteiger partial charge in [0.25, 0.3) is 0 Å². The summed E-state index contributed by atoms with van der Waals surface area (Å²) < 4.78 is 0. The molecule has 2 aliphatic rings. The Morgan fingerprint density at radius 3 is 2.68 bits per heavy atom. The Kier molecular flexibility index (Phi) is 4.81. The van der Waals surface area contributed by atoms with E-state index in [2.05, 4.69) is 36.0 Å². The molecule has 0 saturated carbocycles. The van der Waals surface area contributed by atoms with Gasteiger partial charge in [-0.25, -0.2) is 0 Å². The number of carbonyl (C=O) groups excluding carboxylic acids is 1. The highest BCUT2D eigenvalue weighted by atomic mass is 16.2. The van der Waals surface area contributed by atoms with Crippen LogP contribution in [0.15, 0.2) is 0 Å². The molecule has 1 N–H and O–H groups in total. The summed E-state index contributed by atoms with van der Waals surface area (Å²) in [6, 6.07) is 0. The average Bonchev–Trinajstić information content (AvgIpc) is 2.61. The Morgan fingerprint density at radius 1 is 1.16 bits per heavy atom. The number of nitrogens with zero attached hydrogens (tertiary/aromatic N) is 3. The van der Waals surface area contributed by atoms with E-state index >= 15 is 0 Å². The molecule has 5 nitrogen and oxygen atoms in total. The summed E-state index contributed by atoms with van der Waals surface area (Å²) in [7, 11) is 2.14. The topological polar surface area (TPSA) is 38.8 Å². The predicted octanol–water partition coefficient (Wildman–Crippen LogP) is -0.166. The third-order valence-electron chi connectivity index (χ3n) is 4.46. The van der Waals surface area contributed by atoms with E-state index in [1.54, 1.807) is 0 Å². The van der Waals surface area contributed by atoms with Gasteiger partial charge in [-0.3, -0.25) is 14.6 Å². The maximum absolute atomic E-state index is 12.4. The van der Waals surface area contributed by atoms with Gasteiger partial charge in [0, 0.05) is 38.3 Å². The highest BCUT2D eigenvalue weighted by Gasteiger charge is 2.33. The Labute approximate surface area is 116 Å². The van der Waals surface area contributed by atoms with Gasteiger partial charge >= 0.3 is 0 Å². The number of hydrogen-bond donors (Lipinski definition) is 1. The zero-order valence-corrected chi connectivity index (χ0v) is 12.6. The van der Waals surface area contributed by atoms with Crippen molar-refractivity contribution in [1.29, 1.82) is 0 Å². The fraction of sp³-hybridized carbons (Fsp3) is 0.929. The van der Waals surface area contributed by atoms with Crippen LogP contribution >= 0.6 is 0 Å². The number of nitrogens with one attached hydrogen (secondary N) is 1. The summed E-state index contributed by atoms with van der Waals surface area (Å²) in [4.78, 5) is 19.1. The fourth-order valence-electron chi connectivity index (χ4n) is 2.80. The fourth-order valence-corrected chi connectivity index (χ4v) is 2.80. The molecule has 0 unspecified atom stereocenters.